The van der Waals surface area contributed by atoms with Gasteiger partial charge in [-0.1, -0.05) is 11.6 Å². The molecule has 0 aliphatic heterocycles. The van der Waals surface area contributed by atoms with Gasteiger partial charge in [-0.25, -0.2) is 4.98 Å². The molecule has 0 bridgehead atoms. The van der Waals surface area contributed by atoms with Gasteiger partial charge >= 0.3 is 0 Å². The van der Waals surface area contributed by atoms with E-state index in [0.29, 0.717) is 17.8 Å². The predicted octanol–water partition coefficient (Wildman–Crippen LogP) is 0.609. The highest BCUT2D eigenvalue weighted by molar-refractivity contribution is 6.29. The number of nitrogens with zero attached hydrogens (tertiary/aromatic N) is 2. The topological polar surface area (TPSA) is 71.2 Å². The lowest BCUT2D eigenvalue weighted by Crippen LogP contribution is -2.31. The van der Waals surface area contributed by atoms with Crippen molar-refractivity contribution in [3.8, 4) is 0 Å². The fraction of sp³-hybridized carbons (Fsp3) is 0.400. The first-order chi connectivity index (χ1) is 7.50. The van der Waals surface area contributed by atoms with Gasteiger partial charge in [0.25, 0.3) is 5.91 Å². The Morgan fingerprint density at radius 3 is 2.94 bits per heavy atom. The van der Waals surface area contributed by atoms with E-state index in [4.69, 9.17) is 17.3 Å². The number of pyridine rings is 1. The minimum absolute atomic E-state index is 0.233. The summed E-state index contributed by atoms with van der Waals surface area (Å²) in [5, 5.41) is 3.01. The van der Waals surface area contributed by atoms with E-state index in [1.54, 1.807) is 0 Å². The average Bonchev–Trinajstić information content (AvgIpc) is 2.21. The summed E-state index contributed by atoms with van der Waals surface area (Å²) in [5.41, 5.74) is 6.32. The third-order valence-corrected chi connectivity index (χ3v) is 2.20. The SMILES string of the molecule is CN(C)CCNC(=O)c1cc(Cl)ncc1N. The van der Waals surface area contributed by atoms with Crippen molar-refractivity contribution in [1.29, 1.82) is 0 Å². The van der Waals surface area contributed by atoms with Crippen molar-refractivity contribution in [2.45, 2.75) is 0 Å². The molecule has 1 amide bonds. The Bertz CT molecular complexity index is 381. The normalized spacial score (nSPS) is 10.5. The molecule has 6 heteroatoms. The van der Waals surface area contributed by atoms with Gasteiger partial charge in [-0.05, 0) is 20.2 Å². The number of hydrogen-bond donors (Lipinski definition) is 2. The van der Waals surface area contributed by atoms with E-state index in [1.165, 1.54) is 12.3 Å². The molecule has 16 heavy (non-hydrogen) atoms. The van der Waals surface area contributed by atoms with Gasteiger partial charge in [-0.3, -0.25) is 4.79 Å². The summed E-state index contributed by atoms with van der Waals surface area (Å²) in [4.78, 5) is 17.5. The molecule has 0 saturated carbocycles. The first-order valence-corrected chi connectivity index (χ1v) is 5.22. The van der Waals surface area contributed by atoms with Gasteiger partial charge in [0, 0.05) is 13.1 Å². The zero-order valence-corrected chi connectivity index (χ0v) is 10.1. The lowest BCUT2D eigenvalue weighted by Gasteiger charge is -2.11. The summed E-state index contributed by atoms with van der Waals surface area (Å²) in [5.74, 6) is -0.233. The van der Waals surface area contributed by atoms with Crippen molar-refractivity contribution in [3.05, 3.63) is 23.0 Å². The monoisotopic (exact) mass is 242 g/mol. The van der Waals surface area contributed by atoms with Crippen LogP contribution >= 0.6 is 11.6 Å². The van der Waals surface area contributed by atoms with E-state index in [9.17, 15) is 4.79 Å². The minimum atomic E-state index is -0.233. The number of anilines is 1. The number of hydrogen-bond acceptors (Lipinski definition) is 4. The summed E-state index contributed by atoms with van der Waals surface area (Å²) < 4.78 is 0. The number of aromatic nitrogens is 1. The first-order valence-electron chi connectivity index (χ1n) is 4.84. The van der Waals surface area contributed by atoms with Crippen LogP contribution in [-0.4, -0.2) is 43.0 Å². The zero-order chi connectivity index (χ0) is 12.1. The lowest BCUT2D eigenvalue weighted by atomic mass is 10.2. The quantitative estimate of drug-likeness (QED) is 0.759. The third-order valence-electron chi connectivity index (χ3n) is 1.99. The van der Waals surface area contributed by atoms with Crippen molar-refractivity contribution in [3.63, 3.8) is 0 Å². The predicted molar refractivity (Wildman–Crippen MR) is 64.5 cm³/mol. The molecule has 1 aromatic heterocycles. The Balaban J connectivity index is 2.62. The van der Waals surface area contributed by atoms with Crippen LogP contribution in [-0.2, 0) is 0 Å². The number of likely N-dealkylation sites (N-methyl/N-ethyl adjacent to an activating group) is 1. The van der Waals surface area contributed by atoms with Crippen LogP contribution in [0.1, 0.15) is 10.4 Å². The van der Waals surface area contributed by atoms with E-state index in [0.717, 1.165) is 6.54 Å². The van der Waals surface area contributed by atoms with Gasteiger partial charge in [0.1, 0.15) is 5.15 Å². The van der Waals surface area contributed by atoms with Crippen LogP contribution in [0.3, 0.4) is 0 Å². The highest BCUT2D eigenvalue weighted by Crippen LogP contribution is 2.14. The van der Waals surface area contributed by atoms with Crippen LogP contribution in [0.5, 0.6) is 0 Å². The number of amides is 1. The molecule has 0 aliphatic rings. The number of nitrogens with two attached hydrogens (primary N) is 1. The number of rotatable bonds is 4. The van der Waals surface area contributed by atoms with E-state index in [2.05, 4.69) is 10.3 Å². The van der Waals surface area contributed by atoms with Crippen LogP contribution in [0.2, 0.25) is 5.15 Å². The maximum atomic E-state index is 11.7. The summed E-state index contributed by atoms with van der Waals surface area (Å²) in [7, 11) is 3.87. The molecule has 0 aromatic carbocycles. The van der Waals surface area contributed by atoms with Crippen molar-refractivity contribution < 1.29 is 4.79 Å². The standard InChI is InChI=1S/C10H15ClN4O/c1-15(2)4-3-13-10(16)7-5-9(11)14-6-8(7)12/h5-6H,3-4,12H2,1-2H3,(H,13,16). The lowest BCUT2D eigenvalue weighted by molar-refractivity contribution is 0.0952. The molecule has 0 aliphatic carbocycles. The number of nitrogen functional groups attached to an aromatic ring is 1. The second-order valence-electron chi connectivity index (χ2n) is 3.65. The first kappa shape index (κ1) is 12.7. The number of halogens is 1. The van der Waals surface area contributed by atoms with Gasteiger partial charge < -0.3 is 16.0 Å². The summed E-state index contributed by atoms with van der Waals surface area (Å²) in [6, 6.07) is 1.46. The van der Waals surface area contributed by atoms with Crippen LogP contribution in [0.25, 0.3) is 0 Å². The Kier molecular flexibility index (Phi) is 4.52. The van der Waals surface area contributed by atoms with E-state index < -0.39 is 0 Å². The van der Waals surface area contributed by atoms with Crippen LogP contribution in [0, 0.1) is 0 Å². The molecular weight excluding hydrogens is 228 g/mol. The molecule has 1 aromatic rings. The van der Waals surface area contributed by atoms with Gasteiger partial charge in [0.05, 0.1) is 17.4 Å². The van der Waals surface area contributed by atoms with Crippen LogP contribution < -0.4 is 11.1 Å². The molecule has 0 spiro atoms. The summed E-state index contributed by atoms with van der Waals surface area (Å²) in [6.45, 7) is 1.33. The number of carbonyl (C=O) groups is 1. The Labute approximate surface area is 99.6 Å². The Hall–Kier alpha value is -1.33. The second kappa shape index (κ2) is 5.67. The number of carbonyl (C=O) groups excluding carboxylic acids is 1. The molecule has 5 nitrogen and oxygen atoms in total. The molecular formula is C10H15ClN4O. The molecule has 0 unspecified atom stereocenters. The van der Waals surface area contributed by atoms with Gasteiger partial charge in [0.2, 0.25) is 0 Å². The molecule has 0 radical (unpaired) electrons. The van der Waals surface area contributed by atoms with Crippen LogP contribution in [0.15, 0.2) is 12.3 Å². The fourth-order valence-electron chi connectivity index (χ4n) is 1.13. The molecule has 3 N–H and O–H groups in total. The van der Waals surface area contributed by atoms with E-state index in [-0.39, 0.29) is 11.1 Å². The highest BCUT2D eigenvalue weighted by Gasteiger charge is 2.10. The van der Waals surface area contributed by atoms with Gasteiger partial charge in [-0.15, -0.1) is 0 Å². The highest BCUT2D eigenvalue weighted by atomic mass is 35.5. The van der Waals surface area contributed by atoms with Gasteiger partial charge in [-0.2, -0.15) is 0 Å². The third kappa shape index (κ3) is 3.67. The maximum Gasteiger partial charge on any atom is 0.253 e. The van der Waals surface area contributed by atoms with Crippen molar-refractivity contribution in [1.82, 2.24) is 15.2 Å². The Morgan fingerprint density at radius 2 is 2.31 bits per heavy atom. The second-order valence-corrected chi connectivity index (χ2v) is 4.04. The van der Waals surface area contributed by atoms with Crippen molar-refractivity contribution >= 4 is 23.2 Å². The largest absolute Gasteiger partial charge is 0.397 e. The average molecular weight is 243 g/mol. The van der Waals surface area contributed by atoms with Gasteiger partial charge in [0.15, 0.2) is 0 Å². The minimum Gasteiger partial charge on any atom is -0.397 e. The molecule has 88 valence electrons. The molecule has 1 rings (SSSR count). The summed E-state index contributed by atoms with van der Waals surface area (Å²) >= 11 is 5.69. The molecule has 0 fully saturated rings. The molecule has 1 heterocycles. The summed E-state index contributed by atoms with van der Waals surface area (Å²) in [6.07, 6.45) is 1.38. The van der Waals surface area contributed by atoms with E-state index >= 15 is 0 Å². The maximum absolute atomic E-state index is 11.7. The van der Waals surface area contributed by atoms with E-state index in [1.807, 2.05) is 19.0 Å². The zero-order valence-electron chi connectivity index (χ0n) is 9.33. The molecule has 0 saturated heterocycles. The van der Waals surface area contributed by atoms with Crippen LogP contribution in [0.4, 0.5) is 5.69 Å². The van der Waals surface area contributed by atoms with Crippen molar-refractivity contribution in [2.75, 3.05) is 32.9 Å². The number of nitrogens with one attached hydrogen (secondary N) is 1. The Morgan fingerprint density at radius 1 is 1.62 bits per heavy atom. The smallest absolute Gasteiger partial charge is 0.253 e. The molecule has 0 atom stereocenters. The van der Waals surface area contributed by atoms with Crippen molar-refractivity contribution in [2.24, 2.45) is 0 Å². The fourth-order valence-corrected chi connectivity index (χ4v) is 1.28.